The van der Waals surface area contributed by atoms with E-state index in [-0.39, 0.29) is 0 Å². The average molecular weight is 221 g/mol. The van der Waals surface area contributed by atoms with Gasteiger partial charge in [0.2, 0.25) is 0 Å². The van der Waals surface area contributed by atoms with Gasteiger partial charge in [-0.15, -0.1) is 0 Å². The molecule has 2 N–H and O–H groups in total. The van der Waals surface area contributed by atoms with Crippen LogP contribution in [0.5, 0.6) is 0 Å². The van der Waals surface area contributed by atoms with Crippen LogP contribution < -0.4 is 5.32 Å². The van der Waals surface area contributed by atoms with E-state index in [2.05, 4.69) is 36.3 Å². The highest BCUT2D eigenvalue weighted by molar-refractivity contribution is 5.08. The van der Waals surface area contributed by atoms with E-state index in [1.54, 1.807) is 0 Å². The van der Waals surface area contributed by atoms with Crippen molar-refractivity contribution in [1.29, 1.82) is 0 Å². The molecule has 1 heterocycles. The fourth-order valence-electron chi connectivity index (χ4n) is 2.73. The van der Waals surface area contributed by atoms with E-state index in [9.17, 15) is 0 Å². The lowest BCUT2D eigenvalue weighted by Crippen LogP contribution is -2.41. The fraction of sp³-hybridized carbons (Fsp3) is 0.769. The second-order valence-electron chi connectivity index (χ2n) is 5.29. The van der Waals surface area contributed by atoms with Crippen LogP contribution in [0, 0.1) is 11.8 Å². The second kappa shape index (κ2) is 5.00. The number of hydrogen-bond donors (Lipinski definition) is 2. The Balaban J connectivity index is 1.93. The van der Waals surface area contributed by atoms with Gasteiger partial charge in [-0.3, -0.25) is 5.10 Å². The molecule has 90 valence electrons. The highest BCUT2D eigenvalue weighted by atomic mass is 15.1. The number of nitrogens with one attached hydrogen (secondary N) is 2. The summed E-state index contributed by atoms with van der Waals surface area (Å²) < 4.78 is 0. The van der Waals surface area contributed by atoms with E-state index in [0.717, 1.165) is 11.8 Å². The third kappa shape index (κ3) is 2.46. The van der Waals surface area contributed by atoms with Crippen molar-refractivity contribution in [3.63, 3.8) is 0 Å². The lowest BCUT2D eigenvalue weighted by atomic mass is 9.78. The molecule has 1 aliphatic carbocycles. The molecule has 4 unspecified atom stereocenters. The van der Waals surface area contributed by atoms with Gasteiger partial charge in [-0.25, -0.2) is 0 Å². The van der Waals surface area contributed by atoms with E-state index in [1.807, 2.05) is 12.4 Å². The van der Waals surface area contributed by atoms with Crippen LogP contribution in [0.4, 0.5) is 0 Å². The summed E-state index contributed by atoms with van der Waals surface area (Å²) in [7, 11) is 0. The lowest BCUT2D eigenvalue weighted by molar-refractivity contribution is 0.196. The number of aromatic amines is 1. The Morgan fingerprint density at radius 3 is 2.94 bits per heavy atom. The van der Waals surface area contributed by atoms with Gasteiger partial charge in [0.25, 0.3) is 0 Å². The molecule has 0 bridgehead atoms. The monoisotopic (exact) mass is 221 g/mol. The summed E-state index contributed by atoms with van der Waals surface area (Å²) in [5.41, 5.74) is 1.26. The van der Waals surface area contributed by atoms with Crippen LogP contribution in [0.15, 0.2) is 12.4 Å². The fourth-order valence-corrected chi connectivity index (χ4v) is 2.73. The van der Waals surface area contributed by atoms with Crippen LogP contribution in [0.25, 0.3) is 0 Å². The number of H-pyrrole nitrogens is 1. The van der Waals surface area contributed by atoms with Gasteiger partial charge in [0, 0.05) is 23.8 Å². The summed E-state index contributed by atoms with van der Waals surface area (Å²) in [5, 5.41) is 10.6. The van der Waals surface area contributed by atoms with Crippen molar-refractivity contribution in [3.8, 4) is 0 Å². The molecule has 0 amide bonds. The average Bonchev–Trinajstić information content (AvgIpc) is 2.78. The third-order valence-corrected chi connectivity index (χ3v) is 4.19. The van der Waals surface area contributed by atoms with Crippen LogP contribution in [0.2, 0.25) is 0 Å². The molecule has 0 aromatic carbocycles. The van der Waals surface area contributed by atoms with E-state index in [1.165, 1.54) is 24.8 Å². The summed E-state index contributed by atoms with van der Waals surface area (Å²) in [6.45, 7) is 6.97. The topological polar surface area (TPSA) is 40.7 Å². The standard InChI is InChI=1S/C13H23N3/c1-9-5-4-6-13(10(9)2)16-11(3)12-7-14-15-8-12/h7-11,13,16H,4-6H2,1-3H3,(H,14,15). The van der Waals surface area contributed by atoms with Crippen molar-refractivity contribution in [2.24, 2.45) is 11.8 Å². The highest BCUT2D eigenvalue weighted by Crippen LogP contribution is 2.30. The van der Waals surface area contributed by atoms with Crippen LogP contribution in [-0.2, 0) is 0 Å². The lowest BCUT2D eigenvalue weighted by Gasteiger charge is -2.36. The molecule has 3 heteroatoms. The van der Waals surface area contributed by atoms with Gasteiger partial charge in [-0.1, -0.05) is 26.7 Å². The molecule has 0 radical (unpaired) electrons. The summed E-state index contributed by atoms with van der Waals surface area (Å²) >= 11 is 0. The van der Waals surface area contributed by atoms with E-state index < -0.39 is 0 Å². The van der Waals surface area contributed by atoms with Crippen molar-refractivity contribution >= 4 is 0 Å². The minimum Gasteiger partial charge on any atom is -0.307 e. The smallest absolute Gasteiger partial charge is 0.0534 e. The predicted molar refractivity (Wildman–Crippen MR) is 66.1 cm³/mol. The molecular weight excluding hydrogens is 198 g/mol. The highest BCUT2D eigenvalue weighted by Gasteiger charge is 2.27. The minimum atomic E-state index is 0.400. The minimum absolute atomic E-state index is 0.400. The van der Waals surface area contributed by atoms with Crippen molar-refractivity contribution in [3.05, 3.63) is 18.0 Å². The molecular formula is C13H23N3. The zero-order valence-electron chi connectivity index (χ0n) is 10.5. The van der Waals surface area contributed by atoms with Gasteiger partial charge in [0.15, 0.2) is 0 Å². The maximum Gasteiger partial charge on any atom is 0.0534 e. The molecule has 16 heavy (non-hydrogen) atoms. The Morgan fingerprint density at radius 1 is 1.44 bits per heavy atom. The number of hydrogen-bond acceptors (Lipinski definition) is 2. The van der Waals surface area contributed by atoms with E-state index in [0.29, 0.717) is 12.1 Å². The molecule has 0 saturated heterocycles. The third-order valence-electron chi connectivity index (χ3n) is 4.19. The Hall–Kier alpha value is -0.830. The Bertz CT molecular complexity index is 307. The van der Waals surface area contributed by atoms with Gasteiger partial charge >= 0.3 is 0 Å². The van der Waals surface area contributed by atoms with Crippen LogP contribution in [0.3, 0.4) is 0 Å². The van der Waals surface area contributed by atoms with Crippen molar-refractivity contribution in [1.82, 2.24) is 15.5 Å². The first-order valence-electron chi connectivity index (χ1n) is 6.43. The van der Waals surface area contributed by atoms with E-state index in [4.69, 9.17) is 0 Å². The Kier molecular flexibility index (Phi) is 3.64. The van der Waals surface area contributed by atoms with Gasteiger partial charge in [-0.2, -0.15) is 5.10 Å². The first kappa shape index (κ1) is 11.6. The Labute approximate surface area is 98.0 Å². The quantitative estimate of drug-likeness (QED) is 0.824. The molecule has 2 rings (SSSR count). The summed E-state index contributed by atoms with van der Waals surface area (Å²) in [4.78, 5) is 0. The van der Waals surface area contributed by atoms with Crippen LogP contribution in [-0.4, -0.2) is 16.2 Å². The van der Waals surface area contributed by atoms with Crippen LogP contribution in [0.1, 0.15) is 51.6 Å². The summed E-state index contributed by atoms with van der Waals surface area (Å²) in [6.07, 6.45) is 7.96. The van der Waals surface area contributed by atoms with Crippen LogP contribution >= 0.6 is 0 Å². The predicted octanol–water partition coefficient (Wildman–Crippen LogP) is 2.89. The zero-order chi connectivity index (χ0) is 11.5. The Morgan fingerprint density at radius 2 is 2.25 bits per heavy atom. The molecule has 0 spiro atoms. The molecule has 4 atom stereocenters. The van der Waals surface area contributed by atoms with Crippen molar-refractivity contribution in [2.45, 2.75) is 52.1 Å². The number of aromatic nitrogens is 2. The molecule has 1 saturated carbocycles. The van der Waals surface area contributed by atoms with Crippen molar-refractivity contribution < 1.29 is 0 Å². The SMILES string of the molecule is CC(NC1CCCC(C)C1C)c1cn[nH]c1. The molecule has 1 fully saturated rings. The van der Waals surface area contributed by atoms with E-state index >= 15 is 0 Å². The summed E-state index contributed by atoms with van der Waals surface area (Å²) in [5.74, 6) is 1.63. The van der Waals surface area contributed by atoms with Gasteiger partial charge < -0.3 is 5.32 Å². The zero-order valence-corrected chi connectivity index (χ0v) is 10.5. The largest absolute Gasteiger partial charge is 0.307 e. The maximum atomic E-state index is 4.01. The molecule has 3 nitrogen and oxygen atoms in total. The normalized spacial score (nSPS) is 32.6. The number of rotatable bonds is 3. The number of nitrogens with zero attached hydrogens (tertiary/aromatic N) is 1. The molecule has 1 aromatic rings. The first-order valence-corrected chi connectivity index (χ1v) is 6.43. The second-order valence-corrected chi connectivity index (χ2v) is 5.29. The summed E-state index contributed by atoms with van der Waals surface area (Å²) in [6, 6.07) is 1.06. The maximum absolute atomic E-state index is 4.01. The van der Waals surface area contributed by atoms with Gasteiger partial charge in [0.05, 0.1) is 6.20 Å². The molecule has 1 aromatic heterocycles. The van der Waals surface area contributed by atoms with Gasteiger partial charge in [-0.05, 0) is 25.2 Å². The molecule has 1 aliphatic rings. The van der Waals surface area contributed by atoms with Gasteiger partial charge in [0.1, 0.15) is 0 Å². The first-order chi connectivity index (χ1) is 7.68. The molecule has 0 aliphatic heterocycles. The van der Waals surface area contributed by atoms with Crippen molar-refractivity contribution in [2.75, 3.05) is 0 Å².